The highest BCUT2D eigenvalue weighted by molar-refractivity contribution is 9.10. The quantitative estimate of drug-likeness (QED) is 0.903. The average Bonchev–Trinajstić information content (AvgIpc) is 2.65. The van der Waals surface area contributed by atoms with Crippen molar-refractivity contribution >= 4 is 27.3 Å². The van der Waals surface area contributed by atoms with E-state index in [-0.39, 0.29) is 0 Å². The van der Waals surface area contributed by atoms with E-state index in [9.17, 15) is 5.11 Å². The number of thiazole rings is 1. The standard InChI is InChI=1S/C9H12BrNO2S/c10-7-5-14-9(11-7)8(12)6-1-3-13-4-2-6/h5-6,8,12H,1-4H2. The number of nitrogens with zero attached hydrogens (tertiary/aromatic N) is 1. The summed E-state index contributed by atoms with van der Waals surface area (Å²) < 4.78 is 6.06. The molecule has 1 aromatic heterocycles. The Balaban J connectivity index is 2.03. The fourth-order valence-electron chi connectivity index (χ4n) is 1.64. The van der Waals surface area contributed by atoms with Crippen molar-refractivity contribution in [2.75, 3.05) is 13.2 Å². The van der Waals surface area contributed by atoms with Crippen LogP contribution < -0.4 is 0 Å². The van der Waals surface area contributed by atoms with E-state index in [1.165, 1.54) is 11.3 Å². The Hall–Kier alpha value is 0.0300. The maximum absolute atomic E-state index is 10.0. The molecule has 0 saturated carbocycles. The molecule has 1 N–H and O–H groups in total. The highest BCUT2D eigenvalue weighted by atomic mass is 79.9. The molecule has 1 aliphatic rings. The molecule has 3 nitrogen and oxygen atoms in total. The molecule has 0 bridgehead atoms. The van der Waals surface area contributed by atoms with Crippen LogP contribution in [-0.4, -0.2) is 23.3 Å². The monoisotopic (exact) mass is 277 g/mol. The Morgan fingerprint density at radius 3 is 2.86 bits per heavy atom. The van der Waals surface area contributed by atoms with E-state index in [1.54, 1.807) is 0 Å². The number of aliphatic hydroxyl groups excluding tert-OH is 1. The smallest absolute Gasteiger partial charge is 0.123 e. The number of halogens is 1. The van der Waals surface area contributed by atoms with E-state index in [1.807, 2.05) is 5.38 Å². The molecule has 0 amide bonds. The highest BCUT2D eigenvalue weighted by Crippen LogP contribution is 2.32. The molecule has 1 fully saturated rings. The molecule has 2 heterocycles. The van der Waals surface area contributed by atoms with Gasteiger partial charge in [0.2, 0.25) is 0 Å². The Morgan fingerprint density at radius 2 is 2.29 bits per heavy atom. The van der Waals surface area contributed by atoms with E-state index in [0.29, 0.717) is 5.92 Å². The largest absolute Gasteiger partial charge is 0.386 e. The Morgan fingerprint density at radius 1 is 1.57 bits per heavy atom. The number of aromatic nitrogens is 1. The van der Waals surface area contributed by atoms with Crippen LogP contribution in [-0.2, 0) is 4.74 Å². The van der Waals surface area contributed by atoms with Crippen LogP contribution in [0, 0.1) is 5.92 Å². The van der Waals surface area contributed by atoms with Crippen molar-refractivity contribution in [3.8, 4) is 0 Å². The van der Waals surface area contributed by atoms with Crippen molar-refractivity contribution in [2.24, 2.45) is 5.92 Å². The Kier molecular flexibility index (Phi) is 3.54. The van der Waals surface area contributed by atoms with Gasteiger partial charge >= 0.3 is 0 Å². The fraction of sp³-hybridized carbons (Fsp3) is 0.667. The van der Waals surface area contributed by atoms with Gasteiger partial charge in [0.25, 0.3) is 0 Å². The predicted molar refractivity (Wildman–Crippen MR) is 58.3 cm³/mol. The summed E-state index contributed by atoms with van der Waals surface area (Å²) in [5.74, 6) is 0.307. The Bertz CT molecular complexity index is 299. The van der Waals surface area contributed by atoms with E-state index < -0.39 is 6.10 Å². The van der Waals surface area contributed by atoms with Crippen molar-refractivity contribution in [3.05, 3.63) is 15.0 Å². The second-order valence-corrected chi connectivity index (χ2v) is 5.11. The molecule has 0 aromatic carbocycles. The second-order valence-electron chi connectivity index (χ2n) is 3.40. The lowest BCUT2D eigenvalue weighted by Gasteiger charge is -2.25. The predicted octanol–water partition coefficient (Wildman–Crippen LogP) is 2.37. The van der Waals surface area contributed by atoms with Crippen LogP contribution in [0.3, 0.4) is 0 Å². The zero-order valence-electron chi connectivity index (χ0n) is 7.65. The fourth-order valence-corrected chi connectivity index (χ4v) is 2.98. The molecule has 1 aliphatic heterocycles. The summed E-state index contributed by atoms with van der Waals surface area (Å²) in [7, 11) is 0. The molecule has 1 saturated heterocycles. The van der Waals surface area contributed by atoms with Gasteiger partial charge in [-0.05, 0) is 34.7 Å². The third kappa shape index (κ3) is 2.34. The summed E-state index contributed by atoms with van der Waals surface area (Å²) in [6.07, 6.45) is 1.44. The van der Waals surface area contributed by atoms with E-state index in [0.717, 1.165) is 35.7 Å². The molecule has 0 spiro atoms. The van der Waals surface area contributed by atoms with Crippen LogP contribution in [0.15, 0.2) is 9.98 Å². The van der Waals surface area contributed by atoms with Gasteiger partial charge in [-0.3, -0.25) is 0 Å². The molecule has 1 atom stereocenters. The summed E-state index contributed by atoms with van der Waals surface area (Å²) in [6.45, 7) is 1.52. The molecule has 0 aliphatic carbocycles. The van der Waals surface area contributed by atoms with Crippen molar-refractivity contribution < 1.29 is 9.84 Å². The molecule has 2 rings (SSSR count). The summed E-state index contributed by atoms with van der Waals surface area (Å²) >= 11 is 4.79. The first kappa shape index (κ1) is 10.5. The van der Waals surface area contributed by atoms with E-state index >= 15 is 0 Å². The molecular weight excluding hydrogens is 266 g/mol. The Labute approximate surface area is 95.3 Å². The molecule has 5 heteroatoms. The second kappa shape index (κ2) is 4.70. The zero-order chi connectivity index (χ0) is 9.97. The lowest BCUT2D eigenvalue weighted by atomic mass is 9.94. The maximum Gasteiger partial charge on any atom is 0.123 e. The third-order valence-corrected chi connectivity index (χ3v) is 4.08. The van der Waals surface area contributed by atoms with E-state index in [4.69, 9.17) is 4.74 Å². The minimum atomic E-state index is -0.421. The van der Waals surface area contributed by atoms with Gasteiger partial charge < -0.3 is 9.84 Å². The number of hydrogen-bond acceptors (Lipinski definition) is 4. The molecule has 78 valence electrons. The van der Waals surface area contributed by atoms with Gasteiger partial charge in [0, 0.05) is 18.6 Å². The molecule has 0 radical (unpaired) electrons. The van der Waals surface area contributed by atoms with Crippen molar-refractivity contribution in [2.45, 2.75) is 18.9 Å². The minimum absolute atomic E-state index is 0.307. The SMILES string of the molecule is OC(c1nc(Br)cs1)C1CCOCC1. The highest BCUT2D eigenvalue weighted by Gasteiger charge is 2.25. The molecular formula is C9H12BrNO2S. The van der Waals surface area contributed by atoms with Gasteiger partial charge in [-0.1, -0.05) is 0 Å². The zero-order valence-corrected chi connectivity index (χ0v) is 10.1. The molecule has 14 heavy (non-hydrogen) atoms. The van der Waals surface area contributed by atoms with Gasteiger partial charge in [-0.25, -0.2) is 4.98 Å². The van der Waals surface area contributed by atoms with Crippen LogP contribution in [0.25, 0.3) is 0 Å². The lowest BCUT2D eigenvalue weighted by molar-refractivity contribution is 0.00707. The van der Waals surface area contributed by atoms with Gasteiger partial charge in [0.05, 0.1) is 0 Å². The van der Waals surface area contributed by atoms with Gasteiger partial charge in [0.1, 0.15) is 15.7 Å². The van der Waals surface area contributed by atoms with Crippen LogP contribution >= 0.6 is 27.3 Å². The van der Waals surface area contributed by atoms with Crippen LogP contribution in [0.5, 0.6) is 0 Å². The minimum Gasteiger partial charge on any atom is -0.386 e. The van der Waals surface area contributed by atoms with Gasteiger partial charge in [-0.2, -0.15) is 0 Å². The van der Waals surface area contributed by atoms with Crippen LogP contribution in [0.4, 0.5) is 0 Å². The summed E-state index contributed by atoms with van der Waals surface area (Å²) in [6, 6.07) is 0. The van der Waals surface area contributed by atoms with Gasteiger partial charge in [-0.15, -0.1) is 11.3 Å². The van der Waals surface area contributed by atoms with Gasteiger partial charge in [0.15, 0.2) is 0 Å². The van der Waals surface area contributed by atoms with E-state index in [2.05, 4.69) is 20.9 Å². The van der Waals surface area contributed by atoms with Crippen LogP contribution in [0.2, 0.25) is 0 Å². The molecule has 1 aromatic rings. The van der Waals surface area contributed by atoms with Crippen LogP contribution in [0.1, 0.15) is 24.0 Å². The first-order chi connectivity index (χ1) is 6.77. The number of aliphatic hydroxyl groups is 1. The summed E-state index contributed by atoms with van der Waals surface area (Å²) in [4.78, 5) is 4.23. The number of rotatable bonds is 2. The van der Waals surface area contributed by atoms with Crippen molar-refractivity contribution in [1.82, 2.24) is 4.98 Å². The van der Waals surface area contributed by atoms with Crippen molar-refractivity contribution in [1.29, 1.82) is 0 Å². The summed E-state index contributed by atoms with van der Waals surface area (Å²) in [5.41, 5.74) is 0. The first-order valence-electron chi connectivity index (χ1n) is 4.64. The first-order valence-corrected chi connectivity index (χ1v) is 6.31. The topological polar surface area (TPSA) is 42.4 Å². The average molecular weight is 278 g/mol. The number of ether oxygens (including phenoxy) is 1. The molecule has 1 unspecified atom stereocenters. The van der Waals surface area contributed by atoms with Crippen molar-refractivity contribution in [3.63, 3.8) is 0 Å². The third-order valence-electron chi connectivity index (χ3n) is 2.46. The lowest BCUT2D eigenvalue weighted by Crippen LogP contribution is -2.21. The maximum atomic E-state index is 10.0. The normalized spacial score (nSPS) is 21.0. The summed E-state index contributed by atoms with van der Waals surface area (Å²) in [5, 5.41) is 12.7. The number of hydrogen-bond donors (Lipinski definition) is 1.